The van der Waals surface area contributed by atoms with Gasteiger partial charge in [-0.1, -0.05) is 191 Å². The number of rotatable bonds is 17. The summed E-state index contributed by atoms with van der Waals surface area (Å²) >= 11 is 28.4. The molecule has 0 fully saturated rings. The summed E-state index contributed by atoms with van der Waals surface area (Å²) in [6, 6.07) is 32.1. The van der Waals surface area contributed by atoms with Crippen LogP contribution in [0.15, 0.2) is 119 Å². The van der Waals surface area contributed by atoms with Gasteiger partial charge in [-0.05, 0) is 103 Å². The highest BCUT2D eigenvalue weighted by atomic mass is 35.5. The van der Waals surface area contributed by atoms with Crippen molar-refractivity contribution in [1.82, 2.24) is 0 Å². The average molecular weight is 1110 g/mol. The highest BCUT2D eigenvalue weighted by Crippen LogP contribution is 2.50. The van der Waals surface area contributed by atoms with Crippen LogP contribution in [-0.2, 0) is 14.4 Å². The maximum atomic E-state index is 13.2. The van der Waals surface area contributed by atoms with Crippen molar-refractivity contribution in [2.45, 2.75) is 81.1 Å². The van der Waals surface area contributed by atoms with Crippen molar-refractivity contribution < 1.29 is 39.2 Å². The maximum absolute atomic E-state index is 13.2. The van der Waals surface area contributed by atoms with Crippen molar-refractivity contribution in [2.24, 2.45) is 51.8 Å². The molecule has 4 aromatic carbocycles. The average Bonchev–Trinajstić information content (AvgIpc) is 3.35. The second-order valence-corrected chi connectivity index (χ2v) is 21.2. The van der Waals surface area contributed by atoms with E-state index >= 15 is 0 Å². The number of benzene rings is 4. The molecule has 0 saturated carbocycles. The number of nitrogens with zero attached hydrogens (tertiary/aromatic N) is 2. The number of aryl methyl sites for hydroxylation is 1. The molecule has 10 nitrogen and oxygen atoms in total. The van der Waals surface area contributed by atoms with Gasteiger partial charge in [0.25, 0.3) is 0 Å². The third-order valence-corrected chi connectivity index (χ3v) is 14.1. The number of carbonyl (C=O) groups is 3. The number of ether oxygens (including phenoxy) is 2. The molecule has 392 valence electrons. The predicted molar refractivity (Wildman–Crippen MR) is 297 cm³/mol. The van der Waals surface area contributed by atoms with E-state index in [9.17, 15) is 40.2 Å². The summed E-state index contributed by atoms with van der Waals surface area (Å²) in [6.45, 7) is 17.6. The number of aliphatic carboxylic acids is 3. The first-order valence-corrected chi connectivity index (χ1v) is 25.6. The van der Waals surface area contributed by atoms with Crippen LogP contribution >= 0.6 is 58.0 Å². The minimum atomic E-state index is -1.71. The zero-order valence-electron chi connectivity index (χ0n) is 43.2. The zero-order chi connectivity index (χ0) is 56.4. The summed E-state index contributed by atoms with van der Waals surface area (Å²) < 4.78 is 10.6. The highest BCUT2D eigenvalue weighted by molar-refractivity contribution is 6.56. The molecule has 0 aliphatic heterocycles. The fourth-order valence-corrected chi connectivity index (χ4v) is 9.63. The normalized spacial score (nSPS) is 15.0. The summed E-state index contributed by atoms with van der Waals surface area (Å²) in [5.74, 6) is 9.55. The Hall–Kier alpha value is -6.52. The zero-order valence-corrected chi connectivity index (χ0v) is 47.0. The van der Waals surface area contributed by atoms with Gasteiger partial charge in [0.1, 0.15) is 49.3 Å². The predicted octanol–water partition coefficient (Wildman–Crippen LogP) is 15.1. The van der Waals surface area contributed by atoms with Crippen molar-refractivity contribution in [2.75, 3.05) is 0 Å². The molecule has 0 aliphatic carbocycles. The van der Waals surface area contributed by atoms with E-state index in [0.29, 0.717) is 33.2 Å². The fourth-order valence-electron chi connectivity index (χ4n) is 9.32. The van der Waals surface area contributed by atoms with Crippen LogP contribution in [0.2, 0.25) is 5.02 Å². The van der Waals surface area contributed by atoms with Crippen LogP contribution < -0.4 is 9.47 Å². The Balaban J connectivity index is 0.000000412. The van der Waals surface area contributed by atoms with E-state index < -0.39 is 81.5 Å². The van der Waals surface area contributed by atoms with Gasteiger partial charge in [0.2, 0.25) is 0 Å². The van der Waals surface area contributed by atoms with E-state index in [1.54, 1.807) is 135 Å². The summed E-state index contributed by atoms with van der Waals surface area (Å²) in [7, 11) is 0. The second kappa shape index (κ2) is 28.4. The minimum Gasteiger partial charge on any atom is -0.481 e. The Morgan fingerprint density at radius 2 is 0.933 bits per heavy atom. The molecule has 8 unspecified atom stereocenters. The molecule has 0 heterocycles. The van der Waals surface area contributed by atoms with Crippen LogP contribution in [0.5, 0.6) is 11.5 Å². The molecular formula is C60H59Cl5N2O8. The standard InChI is InChI=1S/C35H37Cl2NO5.C25H22Cl3NO3/c1-22(2)34(32(39)40,25(6)13-16-27-14-11-24(5)12-15-27)18-17-26(7)35(23(3)4,33(41)42)30(20-38)28-9-8-10-29(19-28)43-21-31(36)37;1-16(2)25(24(30)31,17(3)7-8-18-9-11-20(26)12-10-18)22(14-29)19-5-4-6-21(13-19)32-15-23(27)28/h8-12,14-15,19,21-23,25-26,30H,1-7H3,(H,39,40)(H,41,42);4-6,9-13,15-17,22H,1-3H3,(H,30,31). The molecule has 3 N–H and O–H groups in total. The molecular weight excluding hydrogens is 1050 g/mol. The minimum absolute atomic E-state index is 0.0691. The van der Waals surface area contributed by atoms with Crippen molar-refractivity contribution >= 4 is 75.9 Å². The second-order valence-electron chi connectivity index (χ2n) is 18.8. The van der Waals surface area contributed by atoms with Gasteiger partial charge in [-0.3, -0.25) is 14.4 Å². The van der Waals surface area contributed by atoms with Crippen molar-refractivity contribution in [3.63, 3.8) is 0 Å². The van der Waals surface area contributed by atoms with Gasteiger partial charge < -0.3 is 24.8 Å². The van der Waals surface area contributed by atoms with Gasteiger partial charge >= 0.3 is 17.9 Å². The summed E-state index contributed by atoms with van der Waals surface area (Å²) in [5.41, 5.74) is -1.35. The first-order valence-electron chi connectivity index (χ1n) is 23.7. The molecule has 4 rings (SSSR count). The highest BCUT2D eigenvalue weighted by Gasteiger charge is 2.55. The smallest absolute Gasteiger partial charge is 0.323 e. The van der Waals surface area contributed by atoms with Crippen LogP contribution in [0.3, 0.4) is 0 Å². The Kier molecular flexibility index (Phi) is 23.8. The number of carboxylic acid groups (broad SMARTS) is 3. The van der Waals surface area contributed by atoms with E-state index in [4.69, 9.17) is 67.5 Å². The monoisotopic (exact) mass is 1110 g/mol. The van der Waals surface area contributed by atoms with E-state index in [0.717, 1.165) is 23.7 Å². The number of halogens is 5. The fraction of sp³-hybridized carbons (Fsp3) is 0.350. The lowest BCUT2D eigenvalue weighted by atomic mass is 9.59. The van der Waals surface area contributed by atoms with Crippen LogP contribution in [-0.4, -0.2) is 33.2 Å². The first kappa shape index (κ1) is 62.8. The van der Waals surface area contributed by atoms with Gasteiger partial charge in [-0.25, -0.2) is 0 Å². The Bertz CT molecular complexity index is 3010. The van der Waals surface area contributed by atoms with Gasteiger partial charge in [0, 0.05) is 33.9 Å². The van der Waals surface area contributed by atoms with Crippen LogP contribution in [0.25, 0.3) is 0 Å². The van der Waals surface area contributed by atoms with Crippen LogP contribution in [0, 0.1) is 117 Å². The molecule has 0 aromatic heterocycles. The topological polar surface area (TPSA) is 178 Å². The molecule has 0 spiro atoms. The van der Waals surface area contributed by atoms with Crippen LogP contribution in [0.4, 0.5) is 0 Å². The van der Waals surface area contributed by atoms with Crippen molar-refractivity contribution in [3.8, 4) is 59.2 Å². The van der Waals surface area contributed by atoms with Crippen LogP contribution in [0.1, 0.15) is 102 Å². The summed E-state index contributed by atoms with van der Waals surface area (Å²) in [4.78, 5) is 38.7. The van der Waals surface area contributed by atoms with Gasteiger partial charge in [-0.15, -0.1) is 0 Å². The first-order chi connectivity index (χ1) is 35.3. The lowest BCUT2D eigenvalue weighted by molar-refractivity contribution is -0.156. The molecule has 0 amide bonds. The van der Waals surface area contributed by atoms with Crippen molar-refractivity contribution in [3.05, 3.63) is 151 Å². The molecule has 0 saturated heterocycles. The summed E-state index contributed by atoms with van der Waals surface area (Å²) in [6.07, 6.45) is 2.27. The molecule has 15 heteroatoms. The molecule has 8 atom stereocenters. The maximum Gasteiger partial charge on any atom is 0.323 e. The molecule has 4 aromatic rings. The van der Waals surface area contributed by atoms with E-state index in [2.05, 4.69) is 47.7 Å². The van der Waals surface area contributed by atoms with Gasteiger partial charge in [0.15, 0.2) is 0 Å². The Morgan fingerprint density at radius 3 is 1.28 bits per heavy atom. The van der Waals surface area contributed by atoms with Gasteiger partial charge in [-0.2, -0.15) is 10.5 Å². The number of hydrogen-bond acceptors (Lipinski definition) is 7. The third kappa shape index (κ3) is 15.3. The van der Waals surface area contributed by atoms with E-state index in [1.807, 2.05) is 31.2 Å². The number of carboxylic acids is 3. The lowest BCUT2D eigenvalue weighted by Crippen LogP contribution is -2.47. The molecule has 0 radical (unpaired) electrons. The largest absolute Gasteiger partial charge is 0.481 e. The van der Waals surface area contributed by atoms with E-state index in [1.165, 1.54) is 0 Å². The molecule has 0 aliphatic rings. The summed E-state index contributed by atoms with van der Waals surface area (Å²) in [5, 5.41) is 52.7. The lowest BCUT2D eigenvalue weighted by Gasteiger charge is -2.40. The van der Waals surface area contributed by atoms with Gasteiger partial charge in [0.05, 0.1) is 24.0 Å². The van der Waals surface area contributed by atoms with E-state index in [-0.39, 0.29) is 8.98 Å². The SMILES string of the molecule is CC(C)C(C(=O)O)(C(C)C#Cc1ccc(Cl)cc1)C(C#N)c1cccc(OC=C(Cl)Cl)c1.Cc1ccc(C#CC(C)C(C#CC(C)C(C(=O)O)(C(C)C)C(C#N)c2cccc(OC=C(Cl)Cl)c2)(C(=O)O)C(C)C)cc1. The third-order valence-electron chi connectivity index (χ3n) is 13.5. The van der Waals surface area contributed by atoms with Crippen molar-refractivity contribution in [1.29, 1.82) is 10.5 Å². The Labute approximate surface area is 466 Å². The quantitative estimate of drug-likeness (QED) is 0.0681. The Morgan fingerprint density at radius 1 is 0.547 bits per heavy atom. The molecule has 75 heavy (non-hydrogen) atoms. The molecule has 0 bridgehead atoms. The number of hydrogen-bond donors (Lipinski definition) is 3. The number of nitriles is 2.